The molecule has 0 fully saturated rings. The van der Waals surface area contributed by atoms with Crippen LogP contribution in [0.15, 0.2) is 30.3 Å². The molecule has 0 aromatic heterocycles. The maximum absolute atomic E-state index is 5.55. The summed E-state index contributed by atoms with van der Waals surface area (Å²) in [6.45, 7) is 8.56. The third kappa shape index (κ3) is 4.63. The summed E-state index contributed by atoms with van der Waals surface area (Å²) in [5, 5.41) is 3.55. The van der Waals surface area contributed by atoms with Crippen molar-refractivity contribution in [1.29, 1.82) is 0 Å². The van der Waals surface area contributed by atoms with Gasteiger partial charge in [0.15, 0.2) is 0 Å². The lowest BCUT2D eigenvalue weighted by Gasteiger charge is -2.29. The number of benzene rings is 1. The number of rotatable bonds is 5. The van der Waals surface area contributed by atoms with Crippen molar-refractivity contribution in [2.75, 3.05) is 0 Å². The molecule has 0 radical (unpaired) electrons. The van der Waals surface area contributed by atoms with Crippen molar-refractivity contribution in [2.45, 2.75) is 45.7 Å². The van der Waals surface area contributed by atoms with Gasteiger partial charge in [0, 0.05) is 6.04 Å². The van der Waals surface area contributed by atoms with Gasteiger partial charge < -0.3 is 0 Å². The molecular weight excluding hydrogens is 206 g/mol. The Labute approximate surface area is 106 Å². The van der Waals surface area contributed by atoms with Gasteiger partial charge in [0.2, 0.25) is 0 Å². The molecule has 0 heterocycles. The average Bonchev–Trinajstić information content (AvgIpc) is 2.28. The fraction of sp³-hybridized carbons (Fsp3) is 0.500. The molecule has 0 spiro atoms. The van der Waals surface area contributed by atoms with Crippen LogP contribution in [-0.4, -0.2) is 5.54 Å². The van der Waals surface area contributed by atoms with Crippen LogP contribution in [0.25, 0.3) is 0 Å². The molecule has 0 aliphatic rings. The first-order valence-electron chi connectivity index (χ1n) is 6.25. The minimum Gasteiger partial charge on any atom is -0.295 e. The van der Waals surface area contributed by atoms with E-state index < -0.39 is 0 Å². The molecular formula is C16H23N. The summed E-state index contributed by atoms with van der Waals surface area (Å²) in [5.74, 6) is 3.44. The molecule has 1 atom stereocenters. The summed E-state index contributed by atoms with van der Waals surface area (Å²) < 4.78 is 0. The van der Waals surface area contributed by atoms with E-state index >= 15 is 0 Å². The highest BCUT2D eigenvalue weighted by Gasteiger charge is 2.21. The molecule has 1 N–H and O–H groups in total. The second-order valence-electron chi connectivity index (χ2n) is 5.51. The molecule has 0 aliphatic carbocycles. The zero-order valence-corrected chi connectivity index (χ0v) is 11.3. The van der Waals surface area contributed by atoms with Crippen molar-refractivity contribution in [3.05, 3.63) is 35.9 Å². The Morgan fingerprint density at radius 1 is 1.24 bits per heavy atom. The van der Waals surface area contributed by atoms with Crippen molar-refractivity contribution in [1.82, 2.24) is 5.32 Å². The number of hydrogen-bond donors (Lipinski definition) is 1. The summed E-state index contributed by atoms with van der Waals surface area (Å²) in [5.41, 5.74) is 1.04. The van der Waals surface area contributed by atoms with Crippen LogP contribution < -0.4 is 5.32 Å². The van der Waals surface area contributed by atoms with E-state index in [-0.39, 0.29) is 5.54 Å². The quantitative estimate of drug-likeness (QED) is 0.758. The second-order valence-corrected chi connectivity index (χ2v) is 5.51. The van der Waals surface area contributed by atoms with E-state index in [1.807, 2.05) is 19.9 Å². The van der Waals surface area contributed by atoms with Gasteiger partial charge in [0.25, 0.3) is 0 Å². The molecule has 1 unspecified atom stereocenters. The Morgan fingerprint density at radius 3 is 2.29 bits per heavy atom. The van der Waals surface area contributed by atoms with E-state index in [2.05, 4.69) is 49.4 Å². The average molecular weight is 229 g/mol. The van der Waals surface area contributed by atoms with Gasteiger partial charge in [-0.15, -0.1) is 6.42 Å². The van der Waals surface area contributed by atoms with E-state index in [0.29, 0.717) is 12.0 Å². The summed E-state index contributed by atoms with van der Waals surface area (Å²) in [4.78, 5) is 0. The van der Waals surface area contributed by atoms with Gasteiger partial charge in [-0.3, -0.25) is 5.32 Å². The predicted molar refractivity (Wildman–Crippen MR) is 74.7 cm³/mol. The van der Waals surface area contributed by atoms with Crippen LogP contribution in [0.3, 0.4) is 0 Å². The van der Waals surface area contributed by atoms with Crippen LogP contribution >= 0.6 is 0 Å². The fourth-order valence-corrected chi connectivity index (χ4v) is 1.91. The maximum atomic E-state index is 5.55. The minimum atomic E-state index is -0.268. The molecule has 1 nitrogen and oxygen atoms in total. The number of nitrogens with one attached hydrogen (secondary N) is 1. The van der Waals surface area contributed by atoms with Crippen LogP contribution in [0.1, 0.15) is 45.7 Å². The lowest BCUT2D eigenvalue weighted by molar-refractivity contribution is 0.360. The standard InChI is InChI=1S/C16H23N/c1-6-16(4,5)17-15(12-13(2)3)14-10-8-7-9-11-14/h1,7-11,13,15,17H,12H2,2-5H3. The van der Waals surface area contributed by atoms with Crippen LogP contribution in [0.2, 0.25) is 0 Å². The molecule has 1 aromatic rings. The molecule has 0 bridgehead atoms. The van der Waals surface area contributed by atoms with Crippen molar-refractivity contribution in [3.8, 4) is 12.3 Å². The largest absolute Gasteiger partial charge is 0.295 e. The predicted octanol–water partition coefficient (Wildman–Crippen LogP) is 3.78. The molecule has 1 aromatic carbocycles. The Morgan fingerprint density at radius 2 is 1.82 bits per heavy atom. The smallest absolute Gasteiger partial charge is 0.0746 e. The van der Waals surface area contributed by atoms with E-state index in [9.17, 15) is 0 Å². The number of terminal acetylenes is 1. The molecule has 0 aliphatic heterocycles. The SMILES string of the molecule is C#CC(C)(C)NC(CC(C)C)c1ccccc1. The molecule has 0 saturated carbocycles. The number of hydrogen-bond acceptors (Lipinski definition) is 1. The van der Waals surface area contributed by atoms with E-state index in [4.69, 9.17) is 6.42 Å². The van der Waals surface area contributed by atoms with E-state index in [1.165, 1.54) is 5.56 Å². The lowest BCUT2D eigenvalue weighted by atomic mass is 9.94. The van der Waals surface area contributed by atoms with Crippen LogP contribution in [0.5, 0.6) is 0 Å². The highest BCUT2D eigenvalue weighted by Crippen LogP contribution is 2.23. The Hall–Kier alpha value is -1.26. The van der Waals surface area contributed by atoms with E-state index in [1.54, 1.807) is 0 Å². The summed E-state index contributed by atoms with van der Waals surface area (Å²) in [7, 11) is 0. The summed E-state index contributed by atoms with van der Waals surface area (Å²) >= 11 is 0. The zero-order valence-electron chi connectivity index (χ0n) is 11.3. The summed E-state index contributed by atoms with van der Waals surface area (Å²) in [6, 6.07) is 10.8. The maximum Gasteiger partial charge on any atom is 0.0746 e. The molecule has 1 rings (SSSR count). The highest BCUT2D eigenvalue weighted by atomic mass is 15.0. The monoisotopic (exact) mass is 229 g/mol. The normalized spacial score (nSPS) is 13.4. The topological polar surface area (TPSA) is 12.0 Å². The fourth-order valence-electron chi connectivity index (χ4n) is 1.91. The van der Waals surface area contributed by atoms with Crippen LogP contribution in [-0.2, 0) is 0 Å². The van der Waals surface area contributed by atoms with Crippen molar-refractivity contribution < 1.29 is 0 Å². The van der Waals surface area contributed by atoms with Gasteiger partial charge in [0.05, 0.1) is 5.54 Å². The molecule has 92 valence electrons. The first-order chi connectivity index (χ1) is 7.94. The molecule has 0 saturated heterocycles. The Bertz CT molecular complexity index is 370. The Balaban J connectivity index is 2.86. The van der Waals surface area contributed by atoms with Gasteiger partial charge in [0.1, 0.15) is 0 Å². The zero-order chi connectivity index (χ0) is 12.9. The van der Waals surface area contributed by atoms with Gasteiger partial charge in [-0.2, -0.15) is 0 Å². The first kappa shape index (κ1) is 13.8. The molecule has 17 heavy (non-hydrogen) atoms. The third-order valence-corrected chi connectivity index (χ3v) is 2.80. The van der Waals surface area contributed by atoms with Gasteiger partial charge in [-0.05, 0) is 31.7 Å². The van der Waals surface area contributed by atoms with Gasteiger partial charge >= 0.3 is 0 Å². The second kappa shape index (κ2) is 5.89. The minimum absolute atomic E-state index is 0.268. The van der Waals surface area contributed by atoms with Gasteiger partial charge in [-0.25, -0.2) is 0 Å². The van der Waals surface area contributed by atoms with Crippen molar-refractivity contribution in [3.63, 3.8) is 0 Å². The first-order valence-corrected chi connectivity index (χ1v) is 6.25. The van der Waals surface area contributed by atoms with E-state index in [0.717, 1.165) is 6.42 Å². The van der Waals surface area contributed by atoms with Crippen LogP contribution in [0.4, 0.5) is 0 Å². The molecule has 0 amide bonds. The van der Waals surface area contributed by atoms with Crippen molar-refractivity contribution >= 4 is 0 Å². The van der Waals surface area contributed by atoms with Gasteiger partial charge in [-0.1, -0.05) is 50.1 Å². The lowest BCUT2D eigenvalue weighted by Crippen LogP contribution is -2.40. The molecule has 1 heteroatoms. The summed E-state index contributed by atoms with van der Waals surface area (Å²) in [6.07, 6.45) is 6.64. The highest BCUT2D eigenvalue weighted by molar-refractivity contribution is 5.21. The van der Waals surface area contributed by atoms with Crippen molar-refractivity contribution in [2.24, 2.45) is 5.92 Å². The van der Waals surface area contributed by atoms with Crippen LogP contribution in [0, 0.1) is 18.3 Å². The Kier molecular flexibility index (Phi) is 4.78. The third-order valence-electron chi connectivity index (χ3n) is 2.80.